The van der Waals surface area contributed by atoms with E-state index in [2.05, 4.69) is 21.7 Å². The summed E-state index contributed by atoms with van der Waals surface area (Å²) in [4.78, 5) is 19.9. The number of thiophene rings is 1. The number of aromatic nitrogens is 1. The van der Waals surface area contributed by atoms with E-state index in [-0.39, 0.29) is 18.4 Å². The summed E-state index contributed by atoms with van der Waals surface area (Å²) in [6.45, 7) is 1.78. The van der Waals surface area contributed by atoms with Gasteiger partial charge in [-0.1, -0.05) is 17.9 Å². The van der Waals surface area contributed by atoms with Crippen molar-refractivity contribution < 1.29 is 19.7 Å². The summed E-state index contributed by atoms with van der Waals surface area (Å²) >= 11 is 1.60. The van der Waals surface area contributed by atoms with Crippen molar-refractivity contribution in [2.24, 2.45) is 11.8 Å². The lowest BCUT2D eigenvalue weighted by Crippen LogP contribution is -2.46. The molecule has 0 aliphatic carbocycles. The molecule has 2 N–H and O–H groups in total. The lowest BCUT2D eigenvalue weighted by molar-refractivity contribution is -0.146. The van der Waals surface area contributed by atoms with Gasteiger partial charge in [-0.05, 0) is 72.5 Å². The fourth-order valence-electron chi connectivity index (χ4n) is 4.85. The highest BCUT2D eigenvalue weighted by Gasteiger charge is 2.39. The normalized spacial score (nSPS) is 19.6. The van der Waals surface area contributed by atoms with E-state index in [1.807, 2.05) is 41.8 Å². The van der Waals surface area contributed by atoms with E-state index in [0.29, 0.717) is 19.5 Å². The lowest BCUT2D eigenvalue weighted by Gasteiger charge is -2.40. The van der Waals surface area contributed by atoms with Crippen molar-refractivity contribution in [3.05, 3.63) is 58.4 Å². The minimum Gasteiger partial charge on any atom is -0.497 e. The van der Waals surface area contributed by atoms with E-state index >= 15 is 0 Å². The number of carboxylic acids is 1. The molecule has 0 unspecified atom stereocenters. The zero-order valence-corrected chi connectivity index (χ0v) is 19.4. The predicted molar refractivity (Wildman–Crippen MR) is 130 cm³/mol. The second kappa shape index (κ2) is 10.8. The van der Waals surface area contributed by atoms with Crippen LogP contribution in [0.5, 0.6) is 5.75 Å². The highest BCUT2D eigenvalue weighted by molar-refractivity contribution is 7.10. The van der Waals surface area contributed by atoms with Crippen molar-refractivity contribution in [1.82, 2.24) is 9.88 Å². The van der Waals surface area contributed by atoms with Crippen LogP contribution in [0.15, 0.2) is 48.0 Å². The van der Waals surface area contributed by atoms with Gasteiger partial charge in [0.15, 0.2) is 0 Å². The van der Waals surface area contributed by atoms with E-state index in [0.717, 1.165) is 40.1 Å². The molecule has 0 bridgehead atoms. The molecule has 1 aromatic carbocycles. The first-order valence-electron chi connectivity index (χ1n) is 11.1. The van der Waals surface area contributed by atoms with Crippen molar-refractivity contribution in [1.29, 1.82) is 0 Å². The number of benzene rings is 1. The topological polar surface area (TPSA) is 82.9 Å². The Kier molecular flexibility index (Phi) is 7.61. The summed E-state index contributed by atoms with van der Waals surface area (Å²) < 4.78 is 5.41. The van der Waals surface area contributed by atoms with Gasteiger partial charge >= 0.3 is 5.97 Å². The third-order valence-electron chi connectivity index (χ3n) is 6.44. The molecule has 1 saturated heterocycles. The first-order valence-corrected chi connectivity index (χ1v) is 12.0. The highest BCUT2D eigenvalue weighted by atomic mass is 32.1. The highest BCUT2D eigenvalue weighted by Crippen LogP contribution is 2.41. The third kappa shape index (κ3) is 5.36. The average Bonchev–Trinajstić information content (AvgIpc) is 3.35. The maximum atomic E-state index is 12.3. The van der Waals surface area contributed by atoms with Gasteiger partial charge < -0.3 is 14.9 Å². The number of aliphatic carboxylic acids is 1. The Balaban J connectivity index is 1.60. The molecule has 0 radical (unpaired) electrons. The van der Waals surface area contributed by atoms with E-state index in [4.69, 9.17) is 4.74 Å². The second-order valence-electron chi connectivity index (χ2n) is 8.31. The second-order valence-corrected chi connectivity index (χ2v) is 9.26. The number of carbonyl (C=O) groups is 1. The Bertz CT molecular complexity index is 1150. The smallest absolute Gasteiger partial charge is 0.308 e. The van der Waals surface area contributed by atoms with Gasteiger partial charge in [-0.2, -0.15) is 0 Å². The molecular weight excluding hydrogens is 436 g/mol. The van der Waals surface area contributed by atoms with Crippen LogP contribution in [0, 0.1) is 23.7 Å². The van der Waals surface area contributed by atoms with Crippen molar-refractivity contribution in [2.75, 3.05) is 33.4 Å². The standard InChI is InChI=1S/C26H28N2O4S/c1-32-18-6-7-25-23(16-18)20(8-11-27-25)22(10-14-29)21-9-13-28(17-24(21)26(30)31)12-2-4-19-5-3-15-33-19/h3,5-8,11,15-16,21-22,24,29H,9-10,12-14,17H2,1H3,(H,30,31)/t21-,22+,24+/m1/s1. The summed E-state index contributed by atoms with van der Waals surface area (Å²) in [5.41, 5.74) is 1.86. The molecule has 172 valence electrons. The Labute approximate surface area is 197 Å². The number of pyridine rings is 1. The van der Waals surface area contributed by atoms with Gasteiger partial charge in [0.2, 0.25) is 0 Å². The van der Waals surface area contributed by atoms with E-state index in [9.17, 15) is 15.0 Å². The van der Waals surface area contributed by atoms with Crippen molar-refractivity contribution >= 4 is 28.2 Å². The first kappa shape index (κ1) is 23.2. The number of ether oxygens (including phenoxy) is 1. The molecule has 0 amide bonds. The SMILES string of the molecule is COc1ccc2nccc([C@H](CCO)[C@H]3CCN(CC#Cc4cccs4)C[C@@H]3C(=O)O)c2c1. The summed E-state index contributed by atoms with van der Waals surface area (Å²) in [5.74, 6) is 5.56. The van der Waals surface area contributed by atoms with E-state index in [1.54, 1.807) is 24.6 Å². The number of carboxylic acid groups (broad SMARTS) is 1. The zero-order valence-electron chi connectivity index (χ0n) is 18.6. The summed E-state index contributed by atoms with van der Waals surface area (Å²) in [7, 11) is 1.62. The van der Waals surface area contributed by atoms with Gasteiger partial charge in [0.05, 0.1) is 30.0 Å². The Morgan fingerprint density at radius 2 is 2.24 bits per heavy atom. The number of fused-ring (bicyclic) bond motifs is 1. The molecule has 1 aliphatic rings. The maximum absolute atomic E-state index is 12.3. The number of aliphatic hydroxyl groups is 1. The first-order chi connectivity index (χ1) is 16.1. The van der Waals surface area contributed by atoms with Crippen LogP contribution in [0.3, 0.4) is 0 Å². The maximum Gasteiger partial charge on any atom is 0.308 e. The molecule has 3 aromatic rings. The summed E-state index contributed by atoms with van der Waals surface area (Å²) in [6.07, 6.45) is 3.00. The molecule has 6 nitrogen and oxygen atoms in total. The molecule has 4 rings (SSSR count). The third-order valence-corrected chi connectivity index (χ3v) is 7.23. The minimum absolute atomic E-state index is 0.00268. The van der Waals surface area contributed by atoms with Crippen LogP contribution in [0.4, 0.5) is 0 Å². The minimum atomic E-state index is -0.796. The number of aliphatic hydroxyl groups excluding tert-OH is 1. The Morgan fingerprint density at radius 3 is 2.97 bits per heavy atom. The molecule has 2 aromatic heterocycles. The fourth-order valence-corrected chi connectivity index (χ4v) is 5.44. The number of hydrogen-bond acceptors (Lipinski definition) is 6. The van der Waals surface area contributed by atoms with Crippen LogP contribution < -0.4 is 4.74 Å². The average molecular weight is 465 g/mol. The quantitative estimate of drug-likeness (QED) is 0.517. The van der Waals surface area contributed by atoms with Crippen LogP contribution in [0.25, 0.3) is 10.9 Å². The Hall–Kier alpha value is -2.92. The predicted octanol–water partition coefficient (Wildman–Crippen LogP) is 3.85. The van der Waals surface area contributed by atoms with Gasteiger partial charge in [-0.25, -0.2) is 0 Å². The van der Waals surface area contributed by atoms with Crippen molar-refractivity contribution in [3.8, 4) is 17.6 Å². The van der Waals surface area contributed by atoms with Crippen molar-refractivity contribution in [3.63, 3.8) is 0 Å². The molecular formula is C26H28N2O4S. The molecule has 33 heavy (non-hydrogen) atoms. The lowest BCUT2D eigenvalue weighted by atomic mass is 9.72. The molecule has 1 fully saturated rings. The van der Waals surface area contributed by atoms with Gasteiger partial charge in [-0.3, -0.25) is 14.7 Å². The number of likely N-dealkylation sites (tertiary alicyclic amines) is 1. The van der Waals surface area contributed by atoms with Gasteiger partial charge in [0, 0.05) is 24.7 Å². The Morgan fingerprint density at radius 1 is 1.36 bits per heavy atom. The van der Waals surface area contributed by atoms with Crippen LogP contribution in [-0.2, 0) is 4.79 Å². The fraction of sp³-hybridized carbons (Fsp3) is 0.385. The van der Waals surface area contributed by atoms with E-state index < -0.39 is 11.9 Å². The number of rotatable bonds is 7. The van der Waals surface area contributed by atoms with Crippen LogP contribution in [-0.4, -0.2) is 59.4 Å². The molecule has 0 saturated carbocycles. The number of nitrogens with zero attached hydrogens (tertiary/aromatic N) is 2. The largest absolute Gasteiger partial charge is 0.497 e. The number of piperidine rings is 1. The van der Waals surface area contributed by atoms with Gasteiger partial charge in [0.25, 0.3) is 0 Å². The molecule has 7 heteroatoms. The van der Waals surface area contributed by atoms with Crippen LogP contribution in [0.2, 0.25) is 0 Å². The number of hydrogen-bond donors (Lipinski definition) is 2. The summed E-state index contributed by atoms with van der Waals surface area (Å²) in [6, 6.07) is 11.7. The van der Waals surface area contributed by atoms with E-state index in [1.165, 1.54) is 0 Å². The van der Waals surface area contributed by atoms with Crippen molar-refractivity contribution in [2.45, 2.75) is 18.8 Å². The molecule has 3 heterocycles. The van der Waals surface area contributed by atoms with Crippen LogP contribution in [0.1, 0.15) is 29.2 Å². The molecule has 1 aliphatic heterocycles. The van der Waals surface area contributed by atoms with Gasteiger partial charge in [-0.15, -0.1) is 11.3 Å². The zero-order chi connectivity index (χ0) is 23.2. The summed E-state index contributed by atoms with van der Waals surface area (Å²) in [5, 5.41) is 22.9. The molecule has 3 atom stereocenters. The monoisotopic (exact) mass is 464 g/mol. The van der Waals surface area contributed by atoms with Crippen LogP contribution >= 0.6 is 11.3 Å². The molecule has 0 spiro atoms. The number of methoxy groups -OCH3 is 1. The van der Waals surface area contributed by atoms with Gasteiger partial charge in [0.1, 0.15) is 5.75 Å².